The Labute approximate surface area is 168 Å². The molecule has 0 aliphatic heterocycles. The highest BCUT2D eigenvalue weighted by Gasteiger charge is 2.21. The van der Waals surface area contributed by atoms with Crippen molar-refractivity contribution >= 4 is 18.0 Å². The van der Waals surface area contributed by atoms with E-state index in [0.29, 0.717) is 0 Å². The third-order valence-corrected chi connectivity index (χ3v) is 9.06. The van der Waals surface area contributed by atoms with Crippen molar-refractivity contribution in [3.8, 4) is 0 Å². The first-order valence-corrected chi connectivity index (χ1v) is 12.0. The van der Waals surface area contributed by atoms with E-state index in [1.807, 2.05) is 0 Å². The van der Waals surface area contributed by atoms with Crippen molar-refractivity contribution < 1.29 is 0 Å². The summed E-state index contributed by atoms with van der Waals surface area (Å²) in [5.74, 6) is 2.57. The fraction of sp³-hybridized carbons (Fsp3) is 0.0741. The van der Waals surface area contributed by atoms with Gasteiger partial charge in [0.15, 0.2) is 0 Å². The normalized spacial score (nSPS) is 11.1. The molecule has 0 aliphatic carbocycles. The topological polar surface area (TPSA) is 0 Å². The average molecular weight is 380 g/mol. The first-order chi connectivity index (χ1) is 13.8. The third kappa shape index (κ3) is 4.53. The van der Waals surface area contributed by atoms with Crippen molar-refractivity contribution in [2.75, 3.05) is 0 Å². The van der Waals surface area contributed by atoms with Crippen LogP contribution in [-0.4, -0.2) is 5.80 Å². The van der Waals surface area contributed by atoms with Crippen LogP contribution in [0.1, 0.15) is 16.7 Å². The van der Waals surface area contributed by atoms with Crippen LogP contribution in [0.15, 0.2) is 121 Å². The first-order valence-electron chi connectivity index (χ1n) is 9.75. The summed E-state index contributed by atoms with van der Waals surface area (Å²) < 4.78 is 0. The standard InChI is InChI=1S/C27H25P/c1-5-13-24(14-6-1)21-28(27-19-11-4-12-20-27,22-25-15-7-2-8-16-25)23-26-17-9-3-10-18-26/h1-21H,22-23H2. The van der Waals surface area contributed by atoms with E-state index in [0.717, 1.165) is 12.3 Å². The summed E-state index contributed by atoms with van der Waals surface area (Å²) in [4.78, 5) is 0. The maximum absolute atomic E-state index is 2.57. The van der Waals surface area contributed by atoms with E-state index in [1.54, 1.807) is 0 Å². The molecule has 0 amide bonds. The second kappa shape index (κ2) is 8.91. The summed E-state index contributed by atoms with van der Waals surface area (Å²) in [5, 5.41) is 1.46. The molecule has 4 aromatic rings. The van der Waals surface area contributed by atoms with Gasteiger partial charge in [-0.05, 0) is 34.3 Å². The molecule has 0 aliphatic rings. The van der Waals surface area contributed by atoms with Gasteiger partial charge >= 0.3 is 0 Å². The Bertz CT molecular complexity index is 991. The molecule has 1 heteroatoms. The van der Waals surface area contributed by atoms with Crippen molar-refractivity contribution in [3.05, 3.63) is 138 Å². The van der Waals surface area contributed by atoms with Gasteiger partial charge < -0.3 is 0 Å². The summed E-state index contributed by atoms with van der Waals surface area (Å²) in [5.41, 5.74) is 4.12. The molecule has 4 aromatic carbocycles. The van der Waals surface area contributed by atoms with Gasteiger partial charge in [-0.15, -0.1) is 0 Å². The molecule has 28 heavy (non-hydrogen) atoms. The van der Waals surface area contributed by atoms with Crippen LogP contribution in [0.25, 0.3) is 0 Å². The van der Waals surface area contributed by atoms with Crippen LogP contribution in [0.5, 0.6) is 0 Å². The molecule has 0 nitrogen and oxygen atoms in total. The quantitative estimate of drug-likeness (QED) is 0.331. The lowest BCUT2D eigenvalue weighted by atomic mass is 10.2. The predicted octanol–water partition coefficient (Wildman–Crippen LogP) is 6.58. The predicted molar refractivity (Wildman–Crippen MR) is 125 cm³/mol. The summed E-state index contributed by atoms with van der Waals surface area (Å²) in [6.45, 7) is -1.64. The lowest BCUT2D eigenvalue weighted by Crippen LogP contribution is -2.12. The molecular weight excluding hydrogens is 355 g/mol. The Kier molecular flexibility index (Phi) is 5.90. The van der Waals surface area contributed by atoms with Crippen LogP contribution in [0.3, 0.4) is 0 Å². The van der Waals surface area contributed by atoms with Crippen molar-refractivity contribution in [1.82, 2.24) is 0 Å². The van der Waals surface area contributed by atoms with E-state index in [1.165, 1.54) is 22.0 Å². The molecule has 0 saturated heterocycles. The van der Waals surface area contributed by atoms with Gasteiger partial charge in [-0.3, -0.25) is 0 Å². The van der Waals surface area contributed by atoms with Crippen molar-refractivity contribution in [3.63, 3.8) is 0 Å². The minimum absolute atomic E-state index is 1.07. The van der Waals surface area contributed by atoms with Crippen LogP contribution in [0, 0.1) is 0 Å². The summed E-state index contributed by atoms with van der Waals surface area (Å²) in [7, 11) is 0. The molecule has 0 atom stereocenters. The van der Waals surface area contributed by atoms with E-state index >= 15 is 0 Å². The summed E-state index contributed by atoms with van der Waals surface area (Å²) >= 11 is 0. The van der Waals surface area contributed by atoms with E-state index in [-0.39, 0.29) is 0 Å². The van der Waals surface area contributed by atoms with Crippen molar-refractivity contribution in [2.24, 2.45) is 0 Å². The van der Waals surface area contributed by atoms with Crippen LogP contribution < -0.4 is 5.30 Å². The highest BCUT2D eigenvalue weighted by atomic mass is 31.2. The average Bonchev–Trinajstić information content (AvgIpc) is 2.76. The molecule has 0 aromatic heterocycles. The molecule has 0 radical (unpaired) electrons. The smallest absolute Gasteiger partial charge is 0.00335 e. The Morgan fingerprint density at radius 2 is 0.857 bits per heavy atom. The Morgan fingerprint density at radius 3 is 1.32 bits per heavy atom. The SMILES string of the molecule is C(c1ccccc1)=P(Cc1ccccc1)(Cc1ccccc1)c1ccccc1. The summed E-state index contributed by atoms with van der Waals surface area (Å²) in [6, 6.07) is 43.8. The zero-order valence-electron chi connectivity index (χ0n) is 16.0. The maximum atomic E-state index is 2.57. The van der Waals surface area contributed by atoms with E-state index < -0.39 is 6.89 Å². The molecule has 0 heterocycles. The van der Waals surface area contributed by atoms with Gasteiger partial charge in [0, 0.05) is 0 Å². The monoisotopic (exact) mass is 380 g/mol. The van der Waals surface area contributed by atoms with Gasteiger partial charge in [-0.25, -0.2) is 0 Å². The fourth-order valence-corrected chi connectivity index (χ4v) is 7.81. The lowest BCUT2D eigenvalue weighted by molar-refractivity contribution is 1.32. The zero-order chi connectivity index (χ0) is 19.1. The first kappa shape index (κ1) is 18.5. The number of rotatable bonds is 6. The van der Waals surface area contributed by atoms with Gasteiger partial charge in [0.05, 0.1) is 0 Å². The van der Waals surface area contributed by atoms with Gasteiger partial charge in [0.2, 0.25) is 0 Å². The zero-order valence-corrected chi connectivity index (χ0v) is 16.9. The second-order valence-electron chi connectivity index (χ2n) is 7.20. The number of benzene rings is 4. The lowest BCUT2D eigenvalue weighted by Gasteiger charge is -2.28. The molecule has 0 N–H and O–H groups in total. The van der Waals surface area contributed by atoms with Gasteiger partial charge in [-0.1, -0.05) is 134 Å². The van der Waals surface area contributed by atoms with Crippen LogP contribution in [0.2, 0.25) is 0 Å². The van der Waals surface area contributed by atoms with Crippen molar-refractivity contribution in [1.29, 1.82) is 0 Å². The molecule has 0 bridgehead atoms. The second-order valence-corrected chi connectivity index (χ2v) is 10.7. The molecule has 0 fully saturated rings. The van der Waals surface area contributed by atoms with Crippen LogP contribution in [-0.2, 0) is 12.3 Å². The highest BCUT2D eigenvalue weighted by Crippen LogP contribution is 2.52. The molecule has 4 rings (SSSR count). The minimum atomic E-state index is -1.64. The highest BCUT2D eigenvalue weighted by molar-refractivity contribution is 7.80. The van der Waals surface area contributed by atoms with Crippen molar-refractivity contribution in [2.45, 2.75) is 12.3 Å². The van der Waals surface area contributed by atoms with E-state index in [4.69, 9.17) is 0 Å². The Morgan fingerprint density at radius 1 is 0.464 bits per heavy atom. The largest absolute Gasteiger partial charge is 0.0684 e. The van der Waals surface area contributed by atoms with Gasteiger partial charge in [0.1, 0.15) is 0 Å². The molecule has 0 spiro atoms. The Balaban J connectivity index is 1.91. The van der Waals surface area contributed by atoms with E-state index in [9.17, 15) is 0 Å². The Hall–Kier alpha value is -2.82. The van der Waals surface area contributed by atoms with Gasteiger partial charge in [0.25, 0.3) is 0 Å². The van der Waals surface area contributed by atoms with E-state index in [2.05, 4.69) is 127 Å². The maximum Gasteiger partial charge on any atom is -0.00335 e. The number of hydrogen-bond acceptors (Lipinski definition) is 0. The summed E-state index contributed by atoms with van der Waals surface area (Å²) in [6.07, 6.45) is 2.14. The fourth-order valence-electron chi connectivity index (χ4n) is 3.77. The van der Waals surface area contributed by atoms with Crippen LogP contribution in [0.4, 0.5) is 0 Å². The number of hydrogen-bond donors (Lipinski definition) is 0. The van der Waals surface area contributed by atoms with Crippen LogP contribution >= 0.6 is 6.89 Å². The molecular formula is C27H25P. The molecule has 0 unspecified atom stereocenters. The molecule has 138 valence electrons. The third-order valence-electron chi connectivity index (χ3n) is 5.08. The minimum Gasteiger partial charge on any atom is -0.0684 e. The molecule has 0 saturated carbocycles. The van der Waals surface area contributed by atoms with Gasteiger partial charge in [-0.2, -0.15) is 0 Å².